The van der Waals surface area contributed by atoms with Gasteiger partial charge in [-0.1, -0.05) is 54.6 Å². The Morgan fingerprint density at radius 2 is 1.63 bits per heavy atom. The molecule has 49 heavy (non-hydrogen) atoms. The number of amides is 2. The topological polar surface area (TPSA) is 97.6 Å². The summed E-state index contributed by atoms with van der Waals surface area (Å²) in [7, 11) is 1.61. The Morgan fingerprint density at radius 1 is 0.857 bits per heavy atom. The second-order valence-electron chi connectivity index (χ2n) is 12.3. The van der Waals surface area contributed by atoms with Gasteiger partial charge in [-0.3, -0.25) is 9.69 Å². The monoisotopic (exact) mass is 664 g/mol. The van der Waals surface area contributed by atoms with Crippen molar-refractivity contribution in [3.05, 3.63) is 108 Å². The summed E-state index contributed by atoms with van der Waals surface area (Å²) in [5.41, 5.74) is 4.07. The number of anilines is 1. The number of rotatable bonds is 16. The molecule has 1 unspecified atom stereocenters. The van der Waals surface area contributed by atoms with Crippen molar-refractivity contribution in [1.82, 2.24) is 14.8 Å². The predicted octanol–water partition coefficient (Wildman–Crippen LogP) is 6.71. The van der Waals surface area contributed by atoms with Crippen molar-refractivity contribution in [3.63, 3.8) is 0 Å². The van der Waals surface area contributed by atoms with E-state index in [2.05, 4.69) is 39.0 Å². The number of benzene rings is 3. The van der Waals surface area contributed by atoms with Gasteiger partial charge in [-0.2, -0.15) is 0 Å². The first-order valence-electron chi connectivity index (χ1n) is 17.1. The number of nitrogens with zero attached hydrogens (tertiary/aromatic N) is 4. The highest BCUT2D eigenvalue weighted by molar-refractivity contribution is 6.00. The lowest BCUT2D eigenvalue weighted by atomic mass is 10.0. The molecule has 0 saturated carbocycles. The number of hydrogen-bond donors (Lipinski definition) is 0. The Balaban J connectivity index is 0.900. The maximum absolute atomic E-state index is 13.0. The molecular formula is C39H44N4O6. The summed E-state index contributed by atoms with van der Waals surface area (Å²) in [4.78, 5) is 36.1. The number of unbranched alkanes of at least 4 members (excludes halogenated alkanes) is 1. The van der Waals surface area contributed by atoms with Crippen LogP contribution in [0.5, 0.6) is 11.5 Å². The maximum atomic E-state index is 13.0. The molecule has 2 fully saturated rings. The van der Waals surface area contributed by atoms with Gasteiger partial charge in [0.25, 0.3) is 5.91 Å². The number of imide groups is 1. The van der Waals surface area contributed by atoms with E-state index >= 15 is 0 Å². The smallest absolute Gasteiger partial charge is 0.417 e. The molecule has 4 aromatic rings. The van der Waals surface area contributed by atoms with E-state index in [1.807, 2.05) is 66.7 Å². The molecule has 2 aliphatic rings. The van der Waals surface area contributed by atoms with Gasteiger partial charge in [0.05, 0.1) is 7.11 Å². The quantitative estimate of drug-likeness (QED) is 0.121. The fraction of sp³-hybridized carbons (Fsp3) is 0.359. The number of ether oxygens (including phenoxy) is 3. The number of oxazole rings is 1. The molecule has 3 heterocycles. The molecule has 2 aliphatic heterocycles. The fourth-order valence-corrected chi connectivity index (χ4v) is 6.20. The molecule has 2 amide bonds. The number of cyclic esters (lactones) is 1. The lowest BCUT2D eigenvalue weighted by Crippen LogP contribution is -2.47. The van der Waals surface area contributed by atoms with Gasteiger partial charge in [0, 0.05) is 44.5 Å². The van der Waals surface area contributed by atoms with Crippen molar-refractivity contribution in [1.29, 1.82) is 0 Å². The third kappa shape index (κ3) is 9.29. The van der Waals surface area contributed by atoms with Gasteiger partial charge in [0.15, 0.2) is 17.6 Å². The number of piperazine rings is 1. The minimum absolute atomic E-state index is 0.217. The Morgan fingerprint density at radius 3 is 2.41 bits per heavy atom. The Bertz CT molecular complexity index is 1680. The van der Waals surface area contributed by atoms with Crippen LogP contribution >= 0.6 is 0 Å². The first-order valence-corrected chi connectivity index (χ1v) is 17.1. The van der Waals surface area contributed by atoms with Gasteiger partial charge < -0.3 is 23.5 Å². The average molecular weight is 665 g/mol. The SMILES string of the molecule is COc1ccc(CCCCC2OC(=O)N(CCCN3CCN(c4ccccc4)CC3)C2=O)cc1OCc1coc(/C=C/c2ccccc2)n1. The number of carbonyl (C=O) groups is 2. The van der Waals surface area contributed by atoms with Gasteiger partial charge >= 0.3 is 6.09 Å². The molecule has 10 heteroatoms. The number of aromatic nitrogens is 1. The zero-order valence-electron chi connectivity index (χ0n) is 28.0. The zero-order valence-corrected chi connectivity index (χ0v) is 28.0. The number of carbonyl (C=O) groups excluding carboxylic acids is 2. The Hall–Kier alpha value is -5.09. The van der Waals surface area contributed by atoms with E-state index in [0.29, 0.717) is 36.0 Å². The highest BCUT2D eigenvalue weighted by Crippen LogP contribution is 2.30. The molecule has 0 aliphatic carbocycles. The van der Waals surface area contributed by atoms with E-state index in [4.69, 9.17) is 18.6 Å². The van der Waals surface area contributed by atoms with E-state index in [9.17, 15) is 9.59 Å². The van der Waals surface area contributed by atoms with Crippen LogP contribution in [0.25, 0.3) is 12.2 Å². The first kappa shape index (κ1) is 33.8. The molecule has 2 saturated heterocycles. The van der Waals surface area contributed by atoms with Gasteiger partial charge in [-0.25, -0.2) is 14.7 Å². The van der Waals surface area contributed by atoms with Gasteiger partial charge in [0.2, 0.25) is 5.89 Å². The Labute approximate surface area is 287 Å². The molecule has 0 N–H and O–H groups in total. The minimum Gasteiger partial charge on any atom is -0.493 e. The van der Waals surface area contributed by atoms with Crippen LogP contribution in [0.2, 0.25) is 0 Å². The number of para-hydroxylation sites is 1. The molecule has 1 aromatic heterocycles. The summed E-state index contributed by atoms with van der Waals surface area (Å²) in [6.07, 6.45) is 7.77. The summed E-state index contributed by atoms with van der Waals surface area (Å²) in [6.45, 7) is 5.35. The molecule has 0 spiro atoms. The van der Waals surface area contributed by atoms with Crippen LogP contribution in [0, 0.1) is 0 Å². The van der Waals surface area contributed by atoms with E-state index in [1.165, 1.54) is 10.6 Å². The van der Waals surface area contributed by atoms with Crippen LogP contribution in [-0.4, -0.2) is 79.3 Å². The number of hydrogen-bond acceptors (Lipinski definition) is 9. The number of methoxy groups -OCH3 is 1. The molecule has 256 valence electrons. The molecule has 0 bridgehead atoms. The minimum atomic E-state index is -0.702. The summed E-state index contributed by atoms with van der Waals surface area (Å²) in [5.74, 6) is 1.55. The van der Waals surface area contributed by atoms with Crippen molar-refractivity contribution in [3.8, 4) is 11.5 Å². The lowest BCUT2D eigenvalue weighted by molar-refractivity contribution is -0.130. The standard InChI is InChI=1S/C39H44N4O6/c1-46-34-19-17-31(27-36(34)47-28-32-29-48-37(40-32)20-18-30-11-4-2-5-12-30)13-8-9-16-35-38(44)43(39(45)49-35)22-10-21-41-23-25-42(26-24-41)33-14-6-3-7-15-33/h2-7,11-12,14-15,17-20,27,29,35H,8-10,13,16,21-26,28H2,1H3/b20-18+. The van der Waals surface area contributed by atoms with Gasteiger partial charge in [-0.15, -0.1) is 0 Å². The third-order valence-electron chi connectivity index (χ3n) is 8.93. The highest BCUT2D eigenvalue weighted by Gasteiger charge is 2.39. The summed E-state index contributed by atoms with van der Waals surface area (Å²) in [6, 6.07) is 26.3. The van der Waals surface area contributed by atoms with Gasteiger partial charge in [-0.05, 0) is 80.1 Å². The van der Waals surface area contributed by atoms with Crippen LogP contribution in [0.15, 0.2) is 89.5 Å². The van der Waals surface area contributed by atoms with Crippen molar-refractivity contribution in [2.75, 3.05) is 51.3 Å². The molecule has 6 rings (SSSR count). The first-order chi connectivity index (χ1) is 24.1. The van der Waals surface area contributed by atoms with Crippen LogP contribution in [0.3, 0.4) is 0 Å². The third-order valence-corrected chi connectivity index (χ3v) is 8.93. The molecular weight excluding hydrogens is 620 g/mol. The molecule has 1 atom stereocenters. The largest absolute Gasteiger partial charge is 0.493 e. The van der Waals surface area contributed by atoms with Crippen molar-refractivity contribution >= 4 is 29.8 Å². The van der Waals surface area contributed by atoms with E-state index < -0.39 is 12.2 Å². The summed E-state index contributed by atoms with van der Waals surface area (Å²) in [5, 5.41) is 0. The molecule has 10 nitrogen and oxygen atoms in total. The predicted molar refractivity (Wildman–Crippen MR) is 188 cm³/mol. The summed E-state index contributed by atoms with van der Waals surface area (Å²) < 4.78 is 22.6. The second-order valence-corrected chi connectivity index (χ2v) is 12.3. The van der Waals surface area contributed by atoms with Crippen LogP contribution in [-0.2, 0) is 22.6 Å². The lowest BCUT2D eigenvalue weighted by Gasteiger charge is -2.36. The van der Waals surface area contributed by atoms with E-state index in [0.717, 1.165) is 69.5 Å². The fourth-order valence-electron chi connectivity index (χ4n) is 6.20. The van der Waals surface area contributed by atoms with Crippen LogP contribution in [0.1, 0.15) is 48.4 Å². The van der Waals surface area contributed by atoms with Crippen molar-refractivity contribution in [2.24, 2.45) is 0 Å². The van der Waals surface area contributed by atoms with Gasteiger partial charge in [0.1, 0.15) is 18.6 Å². The normalized spacial score (nSPS) is 16.8. The van der Waals surface area contributed by atoms with Crippen LogP contribution in [0.4, 0.5) is 10.5 Å². The zero-order chi connectivity index (χ0) is 33.8. The number of aryl methyl sites for hydroxylation is 1. The molecule has 0 radical (unpaired) electrons. The van der Waals surface area contributed by atoms with Crippen molar-refractivity contribution < 1.29 is 28.2 Å². The molecule has 3 aromatic carbocycles. The van der Waals surface area contributed by atoms with Crippen molar-refractivity contribution in [2.45, 2.75) is 44.8 Å². The van der Waals surface area contributed by atoms with Crippen LogP contribution < -0.4 is 14.4 Å². The van der Waals surface area contributed by atoms with E-state index in [-0.39, 0.29) is 12.5 Å². The van der Waals surface area contributed by atoms with E-state index in [1.54, 1.807) is 13.4 Å². The average Bonchev–Trinajstić information content (AvgIpc) is 3.72. The maximum Gasteiger partial charge on any atom is 0.417 e. The second kappa shape index (κ2) is 16.8. The Kier molecular flexibility index (Phi) is 11.6. The summed E-state index contributed by atoms with van der Waals surface area (Å²) >= 11 is 0. The highest BCUT2D eigenvalue weighted by atomic mass is 16.6.